The minimum absolute atomic E-state index is 0.134. The van der Waals surface area contributed by atoms with E-state index in [-0.39, 0.29) is 11.3 Å². The van der Waals surface area contributed by atoms with E-state index in [9.17, 15) is 9.59 Å². The van der Waals surface area contributed by atoms with E-state index in [1.807, 2.05) is 0 Å². The Hall–Kier alpha value is -2.70. The number of carbonyl (C=O) groups excluding carboxylic acids is 1. The van der Waals surface area contributed by atoms with Crippen LogP contribution in [0.15, 0.2) is 18.3 Å². The van der Waals surface area contributed by atoms with Crippen molar-refractivity contribution >= 4 is 11.9 Å². The number of carboxylic acid groups (broad SMARTS) is 1. The third kappa shape index (κ3) is 2.25. The van der Waals surface area contributed by atoms with Gasteiger partial charge in [-0.3, -0.25) is 0 Å². The SMILES string of the molecule is COC(=O)c1cc(-n2nc(C)c(C(=O)O)c2C)ccn1. The van der Waals surface area contributed by atoms with Crippen molar-refractivity contribution in [2.45, 2.75) is 13.8 Å². The van der Waals surface area contributed by atoms with Gasteiger partial charge in [-0.15, -0.1) is 0 Å². The van der Waals surface area contributed by atoms with Crippen LogP contribution in [0.5, 0.6) is 0 Å². The number of esters is 1. The first-order chi connectivity index (χ1) is 9.45. The largest absolute Gasteiger partial charge is 0.478 e. The molecule has 0 radical (unpaired) electrons. The van der Waals surface area contributed by atoms with Gasteiger partial charge in [0.1, 0.15) is 11.3 Å². The molecular weight excluding hydrogens is 262 g/mol. The Balaban J connectivity index is 2.55. The molecule has 0 atom stereocenters. The molecule has 0 aliphatic heterocycles. The highest BCUT2D eigenvalue weighted by Gasteiger charge is 2.19. The molecule has 0 amide bonds. The monoisotopic (exact) mass is 275 g/mol. The molecule has 0 aliphatic rings. The molecule has 1 N–H and O–H groups in total. The third-order valence-corrected chi connectivity index (χ3v) is 2.89. The molecule has 2 rings (SSSR count). The van der Waals surface area contributed by atoms with Crippen molar-refractivity contribution < 1.29 is 19.4 Å². The summed E-state index contributed by atoms with van der Waals surface area (Å²) in [4.78, 5) is 26.5. The fraction of sp³-hybridized carbons (Fsp3) is 0.231. The first kappa shape index (κ1) is 13.7. The smallest absolute Gasteiger partial charge is 0.356 e. The minimum atomic E-state index is -1.03. The second kappa shape index (κ2) is 5.12. The van der Waals surface area contributed by atoms with E-state index >= 15 is 0 Å². The van der Waals surface area contributed by atoms with Crippen LogP contribution in [-0.2, 0) is 4.74 Å². The number of aromatic nitrogens is 3. The summed E-state index contributed by atoms with van der Waals surface area (Å²) in [5.74, 6) is -1.60. The van der Waals surface area contributed by atoms with E-state index in [1.54, 1.807) is 19.9 Å². The molecule has 0 aromatic carbocycles. The maximum absolute atomic E-state index is 11.5. The van der Waals surface area contributed by atoms with Crippen molar-refractivity contribution in [3.8, 4) is 5.69 Å². The first-order valence-electron chi connectivity index (χ1n) is 5.80. The van der Waals surface area contributed by atoms with E-state index in [0.717, 1.165) is 0 Å². The Bertz CT molecular complexity index is 691. The van der Waals surface area contributed by atoms with Crippen LogP contribution in [0.1, 0.15) is 32.2 Å². The molecule has 2 heterocycles. The molecular formula is C13H13N3O4. The highest BCUT2D eigenvalue weighted by Crippen LogP contribution is 2.18. The third-order valence-electron chi connectivity index (χ3n) is 2.89. The number of rotatable bonds is 3. The van der Waals surface area contributed by atoms with Gasteiger partial charge in [0.25, 0.3) is 0 Å². The number of hydrogen-bond acceptors (Lipinski definition) is 5. The van der Waals surface area contributed by atoms with Crippen molar-refractivity contribution in [1.82, 2.24) is 14.8 Å². The van der Waals surface area contributed by atoms with E-state index < -0.39 is 11.9 Å². The minimum Gasteiger partial charge on any atom is -0.478 e. The Morgan fingerprint density at radius 3 is 2.60 bits per heavy atom. The van der Waals surface area contributed by atoms with Crippen LogP contribution in [0.3, 0.4) is 0 Å². The molecule has 104 valence electrons. The Kier molecular flexibility index (Phi) is 3.51. The van der Waals surface area contributed by atoms with Gasteiger partial charge in [0, 0.05) is 6.20 Å². The Morgan fingerprint density at radius 1 is 1.35 bits per heavy atom. The number of nitrogens with zero attached hydrogens (tertiary/aromatic N) is 3. The topological polar surface area (TPSA) is 94.3 Å². The predicted molar refractivity (Wildman–Crippen MR) is 69.1 cm³/mol. The Labute approximate surface area is 114 Å². The number of aromatic carboxylic acids is 1. The van der Waals surface area contributed by atoms with Crippen molar-refractivity contribution in [2.24, 2.45) is 0 Å². The molecule has 7 heteroatoms. The lowest BCUT2D eigenvalue weighted by molar-refractivity contribution is 0.0593. The molecule has 0 fully saturated rings. The Morgan fingerprint density at radius 2 is 2.05 bits per heavy atom. The molecule has 0 saturated heterocycles. The average molecular weight is 275 g/mol. The van der Waals surface area contributed by atoms with Crippen molar-refractivity contribution in [2.75, 3.05) is 7.11 Å². The van der Waals surface area contributed by atoms with Crippen molar-refractivity contribution in [3.05, 3.63) is 41.0 Å². The number of carbonyl (C=O) groups is 2. The van der Waals surface area contributed by atoms with E-state index in [1.165, 1.54) is 24.1 Å². The number of hydrogen-bond donors (Lipinski definition) is 1. The quantitative estimate of drug-likeness (QED) is 0.850. The second-order valence-corrected chi connectivity index (χ2v) is 4.15. The van der Waals surface area contributed by atoms with E-state index in [0.29, 0.717) is 17.1 Å². The summed E-state index contributed by atoms with van der Waals surface area (Å²) in [7, 11) is 1.27. The average Bonchev–Trinajstić information content (AvgIpc) is 2.73. The van der Waals surface area contributed by atoms with Gasteiger partial charge in [-0.1, -0.05) is 0 Å². The predicted octanol–water partition coefficient (Wildman–Crippen LogP) is 1.37. The summed E-state index contributed by atoms with van der Waals surface area (Å²) in [6.07, 6.45) is 1.44. The van der Waals surface area contributed by atoms with E-state index in [4.69, 9.17) is 5.11 Å². The van der Waals surface area contributed by atoms with Crippen molar-refractivity contribution in [3.63, 3.8) is 0 Å². The maximum atomic E-state index is 11.5. The van der Waals surface area contributed by atoms with Gasteiger partial charge in [0.15, 0.2) is 0 Å². The van der Waals surface area contributed by atoms with Gasteiger partial charge in [0.2, 0.25) is 0 Å². The summed E-state index contributed by atoms with van der Waals surface area (Å²) in [6.45, 7) is 3.27. The van der Waals surface area contributed by atoms with Crippen LogP contribution >= 0.6 is 0 Å². The first-order valence-corrected chi connectivity index (χ1v) is 5.80. The molecule has 0 bridgehead atoms. The summed E-state index contributed by atoms with van der Waals surface area (Å²) >= 11 is 0. The summed E-state index contributed by atoms with van der Waals surface area (Å²) in [6, 6.07) is 3.13. The number of methoxy groups -OCH3 is 1. The lowest BCUT2D eigenvalue weighted by Gasteiger charge is -2.05. The molecule has 0 spiro atoms. The maximum Gasteiger partial charge on any atom is 0.356 e. The highest BCUT2D eigenvalue weighted by molar-refractivity contribution is 5.90. The fourth-order valence-electron chi connectivity index (χ4n) is 1.97. The number of ether oxygens (including phenoxy) is 1. The summed E-state index contributed by atoms with van der Waals surface area (Å²) < 4.78 is 6.06. The van der Waals surface area contributed by atoms with Gasteiger partial charge in [0.05, 0.1) is 24.2 Å². The van der Waals surface area contributed by atoms with Crippen LogP contribution < -0.4 is 0 Å². The number of pyridine rings is 1. The summed E-state index contributed by atoms with van der Waals surface area (Å²) in [5, 5.41) is 13.3. The zero-order chi connectivity index (χ0) is 14.9. The molecule has 20 heavy (non-hydrogen) atoms. The van der Waals surface area contributed by atoms with Crippen LogP contribution in [0.25, 0.3) is 5.69 Å². The van der Waals surface area contributed by atoms with Gasteiger partial charge >= 0.3 is 11.9 Å². The van der Waals surface area contributed by atoms with Gasteiger partial charge < -0.3 is 9.84 Å². The van der Waals surface area contributed by atoms with Crippen LogP contribution in [0.4, 0.5) is 0 Å². The zero-order valence-electron chi connectivity index (χ0n) is 11.2. The van der Waals surface area contributed by atoms with Crippen LogP contribution in [0.2, 0.25) is 0 Å². The van der Waals surface area contributed by atoms with Crippen LogP contribution in [0, 0.1) is 13.8 Å². The van der Waals surface area contributed by atoms with Crippen molar-refractivity contribution in [1.29, 1.82) is 0 Å². The van der Waals surface area contributed by atoms with E-state index in [2.05, 4.69) is 14.8 Å². The molecule has 7 nitrogen and oxygen atoms in total. The molecule has 2 aromatic heterocycles. The molecule has 0 unspecified atom stereocenters. The molecule has 0 saturated carbocycles. The normalized spacial score (nSPS) is 10.3. The fourth-order valence-corrected chi connectivity index (χ4v) is 1.97. The molecule has 2 aromatic rings. The highest BCUT2D eigenvalue weighted by atomic mass is 16.5. The van der Waals surface area contributed by atoms with Gasteiger partial charge in [-0.05, 0) is 26.0 Å². The van der Waals surface area contributed by atoms with Gasteiger partial charge in [-0.25, -0.2) is 19.3 Å². The van der Waals surface area contributed by atoms with Crippen LogP contribution in [-0.4, -0.2) is 38.9 Å². The van der Waals surface area contributed by atoms with Gasteiger partial charge in [-0.2, -0.15) is 5.10 Å². The number of carboxylic acids is 1. The standard InChI is InChI=1S/C13H13N3O4/c1-7-11(12(17)18)8(2)16(15-7)9-4-5-14-10(6-9)13(19)20-3/h4-6H,1-3H3,(H,17,18). The lowest BCUT2D eigenvalue weighted by Crippen LogP contribution is -2.07. The summed E-state index contributed by atoms with van der Waals surface area (Å²) in [5.41, 5.74) is 1.73. The number of aryl methyl sites for hydroxylation is 1. The molecule has 0 aliphatic carbocycles. The lowest BCUT2D eigenvalue weighted by atomic mass is 10.2. The second-order valence-electron chi connectivity index (χ2n) is 4.15. The zero-order valence-corrected chi connectivity index (χ0v) is 11.2.